The Kier molecular flexibility index (Phi) is 6.27. The van der Waals surface area contributed by atoms with E-state index in [0.29, 0.717) is 11.6 Å². The maximum absolute atomic E-state index is 12.6. The predicted molar refractivity (Wildman–Crippen MR) is 65.2 cm³/mol. The van der Waals surface area contributed by atoms with E-state index in [1.165, 1.54) is 25.4 Å². The summed E-state index contributed by atoms with van der Waals surface area (Å²) in [5.74, 6) is 0.978. The normalized spacial score (nSPS) is 11.1. The fourth-order valence-corrected chi connectivity index (χ4v) is 1.70. The first kappa shape index (κ1) is 17.7. The van der Waals surface area contributed by atoms with Gasteiger partial charge in [-0.15, -0.1) is 5.46 Å². The fraction of sp³-hybridized carbons (Fsp3) is 0.273. The molecule has 0 spiro atoms. The minimum absolute atomic E-state index is 0. The van der Waals surface area contributed by atoms with Crippen LogP contribution in [0, 0.1) is 6.92 Å². The van der Waals surface area contributed by atoms with Crippen molar-refractivity contribution in [3.8, 4) is 5.75 Å². The molecule has 1 aromatic carbocycles. The molecule has 0 radical (unpaired) electrons. The molecule has 102 valence electrons. The summed E-state index contributed by atoms with van der Waals surface area (Å²) in [5, 5.41) is 3.87. The number of hydrogen-bond acceptors (Lipinski definition) is 3. The van der Waals surface area contributed by atoms with E-state index < -0.39 is 12.4 Å². The van der Waals surface area contributed by atoms with Crippen molar-refractivity contribution < 1.29 is 69.1 Å². The number of ether oxygens (including phenoxy) is 1. The van der Waals surface area contributed by atoms with E-state index in [1.807, 2.05) is 0 Å². The molecule has 0 aliphatic carbocycles. The van der Waals surface area contributed by atoms with E-state index in [9.17, 15) is 12.9 Å². The molecule has 0 saturated heterocycles. The zero-order valence-electron chi connectivity index (χ0n) is 11.5. The molecular weight excluding hydrogens is 297 g/mol. The molecule has 0 bridgehead atoms. The molecule has 4 nitrogen and oxygen atoms in total. The number of rotatable bonds is 4. The second-order valence-electron chi connectivity index (χ2n) is 4.18. The minimum atomic E-state index is -4.98. The summed E-state index contributed by atoms with van der Waals surface area (Å²) in [4.78, 5) is 3.96. The Morgan fingerprint density at radius 1 is 1.30 bits per heavy atom. The number of benzene rings is 1. The van der Waals surface area contributed by atoms with E-state index in [2.05, 4.69) is 10.1 Å². The van der Waals surface area contributed by atoms with E-state index in [0.717, 1.165) is 6.07 Å². The van der Waals surface area contributed by atoms with Gasteiger partial charge >= 0.3 is 58.4 Å². The summed E-state index contributed by atoms with van der Waals surface area (Å²) in [6.07, 6.45) is 1.39. The van der Waals surface area contributed by atoms with Crippen LogP contribution >= 0.6 is 0 Å². The maximum Gasteiger partial charge on any atom is 1.00 e. The standard InChI is InChI=1S/C11H12BF3N3O.K/c1-8-5-9(3-4-10(8)12(13,14)15)19-6-11-16-7-17-18(11)2;/h3-5,7H,6H2,1-2H3;/q-1;+1. The number of aromatic nitrogens is 3. The molecular formula is C11H12BF3KN3O. The summed E-state index contributed by atoms with van der Waals surface area (Å²) in [6.45, 7) is -3.41. The van der Waals surface area contributed by atoms with Crippen molar-refractivity contribution in [1.82, 2.24) is 14.8 Å². The maximum atomic E-state index is 12.6. The Bertz CT molecular complexity index is 589. The Labute approximate surface area is 157 Å². The largest absolute Gasteiger partial charge is 1.00 e. The number of hydrogen-bond donors (Lipinski definition) is 0. The van der Waals surface area contributed by atoms with Crippen LogP contribution < -0.4 is 61.6 Å². The van der Waals surface area contributed by atoms with Gasteiger partial charge in [0.15, 0.2) is 5.82 Å². The average molecular weight is 309 g/mol. The summed E-state index contributed by atoms with van der Waals surface area (Å²) >= 11 is 0. The molecule has 0 unspecified atom stereocenters. The zero-order valence-corrected chi connectivity index (χ0v) is 14.6. The Morgan fingerprint density at radius 2 is 2.00 bits per heavy atom. The van der Waals surface area contributed by atoms with Gasteiger partial charge in [-0.25, -0.2) is 4.98 Å². The fourth-order valence-electron chi connectivity index (χ4n) is 1.70. The van der Waals surface area contributed by atoms with Crippen molar-refractivity contribution in [2.45, 2.75) is 13.5 Å². The zero-order chi connectivity index (χ0) is 14.0. The van der Waals surface area contributed by atoms with Crippen LogP contribution in [0.1, 0.15) is 11.4 Å². The van der Waals surface area contributed by atoms with E-state index >= 15 is 0 Å². The van der Waals surface area contributed by atoms with Crippen LogP contribution in [-0.4, -0.2) is 21.7 Å². The van der Waals surface area contributed by atoms with Crippen LogP contribution in [-0.2, 0) is 13.7 Å². The monoisotopic (exact) mass is 309 g/mol. The van der Waals surface area contributed by atoms with Crippen LogP contribution in [0.15, 0.2) is 24.5 Å². The molecule has 9 heteroatoms. The molecule has 2 aromatic rings. The smallest absolute Gasteiger partial charge is 0.486 e. The second-order valence-corrected chi connectivity index (χ2v) is 4.18. The summed E-state index contributed by atoms with van der Waals surface area (Å²) in [5.41, 5.74) is -0.436. The first-order valence-electron chi connectivity index (χ1n) is 5.64. The molecule has 0 atom stereocenters. The molecule has 0 amide bonds. The van der Waals surface area contributed by atoms with Crippen LogP contribution in [0.2, 0.25) is 0 Å². The number of nitrogens with zero attached hydrogens (tertiary/aromatic N) is 3. The van der Waals surface area contributed by atoms with Crippen molar-refractivity contribution in [3.63, 3.8) is 0 Å². The van der Waals surface area contributed by atoms with Crippen molar-refractivity contribution in [3.05, 3.63) is 35.9 Å². The number of halogens is 3. The van der Waals surface area contributed by atoms with E-state index in [-0.39, 0.29) is 63.6 Å². The van der Waals surface area contributed by atoms with Gasteiger partial charge in [0.05, 0.1) is 0 Å². The summed E-state index contributed by atoms with van der Waals surface area (Å²) in [6, 6.07) is 3.73. The predicted octanol–water partition coefficient (Wildman–Crippen LogP) is -1.24. The van der Waals surface area contributed by atoms with Gasteiger partial charge in [0.25, 0.3) is 0 Å². The van der Waals surface area contributed by atoms with Crippen molar-refractivity contribution in [2.24, 2.45) is 7.05 Å². The topological polar surface area (TPSA) is 39.9 Å². The van der Waals surface area contributed by atoms with Gasteiger partial charge in [0.2, 0.25) is 0 Å². The third-order valence-corrected chi connectivity index (χ3v) is 2.77. The van der Waals surface area contributed by atoms with Crippen LogP contribution in [0.4, 0.5) is 12.9 Å². The first-order chi connectivity index (χ1) is 8.88. The third kappa shape index (κ3) is 4.32. The molecule has 0 N–H and O–H groups in total. The Hall–Kier alpha value is -0.349. The Balaban J connectivity index is 0.00000200. The molecule has 20 heavy (non-hydrogen) atoms. The quantitative estimate of drug-likeness (QED) is 0.664. The molecule has 1 aromatic heterocycles. The third-order valence-electron chi connectivity index (χ3n) is 2.77. The van der Waals surface area contributed by atoms with Crippen molar-refractivity contribution >= 4 is 12.4 Å². The molecule has 0 fully saturated rings. The molecule has 2 rings (SSSR count). The Morgan fingerprint density at radius 3 is 2.50 bits per heavy atom. The van der Waals surface area contributed by atoms with E-state index in [4.69, 9.17) is 4.74 Å². The van der Waals surface area contributed by atoms with Crippen LogP contribution in [0.3, 0.4) is 0 Å². The minimum Gasteiger partial charge on any atom is -0.486 e. The van der Waals surface area contributed by atoms with Crippen molar-refractivity contribution in [1.29, 1.82) is 0 Å². The van der Waals surface area contributed by atoms with Gasteiger partial charge in [-0.2, -0.15) is 5.10 Å². The average Bonchev–Trinajstić information content (AvgIpc) is 2.70. The summed E-state index contributed by atoms with van der Waals surface area (Å²) in [7, 11) is 1.71. The van der Waals surface area contributed by atoms with Gasteiger partial charge in [-0.1, -0.05) is 11.6 Å². The number of aryl methyl sites for hydroxylation is 2. The molecule has 0 aliphatic rings. The van der Waals surface area contributed by atoms with E-state index in [1.54, 1.807) is 11.7 Å². The van der Waals surface area contributed by atoms with Gasteiger partial charge in [-0.3, -0.25) is 4.68 Å². The second kappa shape index (κ2) is 7.08. The molecule has 0 aliphatic heterocycles. The van der Waals surface area contributed by atoms with Crippen molar-refractivity contribution in [2.75, 3.05) is 0 Å². The van der Waals surface area contributed by atoms with Gasteiger partial charge < -0.3 is 17.7 Å². The summed E-state index contributed by atoms with van der Waals surface area (Å²) < 4.78 is 44.9. The van der Waals surface area contributed by atoms with Gasteiger partial charge in [0, 0.05) is 7.05 Å². The first-order valence-corrected chi connectivity index (χ1v) is 5.64. The molecule has 1 heterocycles. The van der Waals surface area contributed by atoms with Gasteiger partial charge in [-0.05, 0) is 19.1 Å². The molecule has 0 saturated carbocycles. The SMILES string of the molecule is Cc1cc(OCc2ncnn2C)ccc1[B-](F)(F)F.[K+]. The van der Waals surface area contributed by atoms with Gasteiger partial charge in [0.1, 0.15) is 18.7 Å². The van der Waals surface area contributed by atoms with Crippen LogP contribution in [0.25, 0.3) is 0 Å². The van der Waals surface area contributed by atoms with Crippen LogP contribution in [0.5, 0.6) is 5.75 Å².